The predicted molar refractivity (Wildman–Crippen MR) is 81.0 cm³/mol. The van der Waals surface area contributed by atoms with Crippen LogP contribution in [0.1, 0.15) is 30.9 Å². The number of hydrogen-bond donors (Lipinski definition) is 1. The van der Waals surface area contributed by atoms with Crippen molar-refractivity contribution in [2.24, 2.45) is 11.7 Å². The fraction of sp³-hybridized carbons (Fsp3) is 0.600. The number of rotatable bonds is 3. The first kappa shape index (κ1) is 15.5. The summed E-state index contributed by atoms with van der Waals surface area (Å²) >= 11 is 0. The van der Waals surface area contributed by atoms with Gasteiger partial charge in [-0.3, -0.25) is 0 Å². The Hall–Kier alpha value is -0.910. The molecule has 5 heteroatoms. The van der Waals surface area contributed by atoms with Crippen molar-refractivity contribution in [2.75, 3.05) is 13.1 Å². The van der Waals surface area contributed by atoms with Crippen LogP contribution >= 0.6 is 0 Å². The molecule has 1 aliphatic rings. The highest BCUT2D eigenvalue weighted by Crippen LogP contribution is 2.25. The second kappa shape index (κ2) is 5.84. The van der Waals surface area contributed by atoms with E-state index in [1.54, 1.807) is 16.4 Å². The highest BCUT2D eigenvalue weighted by Gasteiger charge is 2.33. The van der Waals surface area contributed by atoms with Crippen molar-refractivity contribution < 1.29 is 8.42 Å². The van der Waals surface area contributed by atoms with Crippen LogP contribution in [0.3, 0.4) is 0 Å². The zero-order chi connectivity index (χ0) is 14.9. The Labute approximate surface area is 122 Å². The highest BCUT2D eigenvalue weighted by atomic mass is 32.2. The summed E-state index contributed by atoms with van der Waals surface area (Å²) in [5.74, 6) is 0.255. The number of aryl methyl sites for hydroxylation is 2. The molecule has 4 nitrogen and oxygen atoms in total. The molecular weight excluding hydrogens is 272 g/mol. The van der Waals surface area contributed by atoms with Crippen molar-refractivity contribution in [3.05, 3.63) is 29.3 Å². The Balaban J connectivity index is 2.28. The number of piperidine rings is 1. The third kappa shape index (κ3) is 2.90. The van der Waals surface area contributed by atoms with E-state index in [4.69, 9.17) is 5.73 Å². The van der Waals surface area contributed by atoms with Crippen LogP contribution in [0, 0.1) is 19.8 Å². The van der Waals surface area contributed by atoms with E-state index in [0.717, 1.165) is 24.0 Å². The largest absolute Gasteiger partial charge is 0.327 e. The van der Waals surface area contributed by atoms with Crippen LogP contribution in [-0.2, 0) is 10.0 Å². The molecule has 20 heavy (non-hydrogen) atoms. The van der Waals surface area contributed by atoms with Crippen molar-refractivity contribution in [3.63, 3.8) is 0 Å². The summed E-state index contributed by atoms with van der Waals surface area (Å²) in [5, 5.41) is 0. The van der Waals surface area contributed by atoms with Crippen LogP contribution in [-0.4, -0.2) is 31.9 Å². The first-order chi connectivity index (χ1) is 9.36. The molecule has 2 unspecified atom stereocenters. The fourth-order valence-corrected chi connectivity index (χ4v) is 4.29. The molecule has 1 heterocycles. The van der Waals surface area contributed by atoms with E-state index in [-0.39, 0.29) is 12.0 Å². The van der Waals surface area contributed by atoms with Gasteiger partial charge in [0.25, 0.3) is 0 Å². The molecule has 1 fully saturated rings. The quantitative estimate of drug-likeness (QED) is 0.928. The third-order valence-corrected chi connectivity index (χ3v) is 6.26. The Morgan fingerprint density at radius 1 is 1.30 bits per heavy atom. The normalized spacial score (nSPS) is 24.8. The molecule has 0 amide bonds. The van der Waals surface area contributed by atoms with Crippen LogP contribution in [0.4, 0.5) is 0 Å². The van der Waals surface area contributed by atoms with Crippen molar-refractivity contribution >= 4 is 10.0 Å². The second-order valence-corrected chi connectivity index (χ2v) is 7.67. The van der Waals surface area contributed by atoms with Gasteiger partial charge >= 0.3 is 0 Å². The van der Waals surface area contributed by atoms with Gasteiger partial charge in [0.15, 0.2) is 0 Å². The molecule has 1 aliphatic heterocycles. The van der Waals surface area contributed by atoms with Gasteiger partial charge in [-0.2, -0.15) is 4.31 Å². The van der Waals surface area contributed by atoms with E-state index < -0.39 is 10.0 Å². The Bertz CT molecular complexity index is 584. The van der Waals surface area contributed by atoms with Gasteiger partial charge in [0.1, 0.15) is 0 Å². The van der Waals surface area contributed by atoms with Gasteiger partial charge in [0.05, 0.1) is 4.90 Å². The first-order valence-electron chi connectivity index (χ1n) is 7.19. The molecular formula is C15H24N2O2S. The van der Waals surface area contributed by atoms with Crippen molar-refractivity contribution in [1.29, 1.82) is 0 Å². The number of nitrogens with zero attached hydrogens (tertiary/aromatic N) is 1. The maximum absolute atomic E-state index is 12.7. The summed E-state index contributed by atoms with van der Waals surface area (Å²) in [6, 6.07) is 5.45. The van der Waals surface area contributed by atoms with E-state index in [0.29, 0.717) is 18.0 Å². The monoisotopic (exact) mass is 296 g/mol. The molecule has 1 aromatic rings. The average molecular weight is 296 g/mol. The van der Waals surface area contributed by atoms with Gasteiger partial charge < -0.3 is 5.73 Å². The molecule has 0 radical (unpaired) electrons. The average Bonchev–Trinajstić information content (AvgIpc) is 2.42. The molecule has 0 aliphatic carbocycles. The predicted octanol–water partition coefficient (Wildman–Crippen LogP) is 2.05. The van der Waals surface area contributed by atoms with Gasteiger partial charge in [0, 0.05) is 19.1 Å². The van der Waals surface area contributed by atoms with Crippen molar-refractivity contribution in [3.8, 4) is 0 Å². The van der Waals surface area contributed by atoms with Gasteiger partial charge in [-0.05, 0) is 49.4 Å². The molecule has 1 aromatic carbocycles. The summed E-state index contributed by atoms with van der Waals surface area (Å²) in [5.41, 5.74) is 8.17. The molecule has 0 spiro atoms. The molecule has 2 N–H and O–H groups in total. The zero-order valence-electron chi connectivity index (χ0n) is 12.5. The van der Waals surface area contributed by atoms with Crippen molar-refractivity contribution in [2.45, 2.75) is 44.6 Å². The van der Waals surface area contributed by atoms with E-state index in [2.05, 4.69) is 6.92 Å². The molecule has 0 aromatic heterocycles. The maximum atomic E-state index is 12.7. The lowest BCUT2D eigenvalue weighted by Crippen LogP contribution is -2.48. The summed E-state index contributed by atoms with van der Waals surface area (Å²) in [6.07, 6.45) is 1.66. The third-order valence-electron chi connectivity index (χ3n) is 4.40. The Morgan fingerprint density at radius 3 is 2.60 bits per heavy atom. The van der Waals surface area contributed by atoms with Gasteiger partial charge in [0.2, 0.25) is 10.0 Å². The number of nitrogens with two attached hydrogens (primary N) is 1. The van der Waals surface area contributed by atoms with Gasteiger partial charge in [-0.25, -0.2) is 8.42 Å². The Morgan fingerprint density at radius 2 is 2.00 bits per heavy atom. The Kier molecular flexibility index (Phi) is 4.52. The van der Waals surface area contributed by atoms with Crippen LogP contribution in [0.25, 0.3) is 0 Å². The smallest absolute Gasteiger partial charge is 0.243 e. The number of benzene rings is 1. The van der Waals surface area contributed by atoms with Gasteiger partial charge in [-0.1, -0.05) is 19.4 Å². The summed E-state index contributed by atoms with van der Waals surface area (Å²) in [4.78, 5) is 0.394. The molecule has 0 saturated carbocycles. The molecule has 112 valence electrons. The lowest BCUT2D eigenvalue weighted by atomic mass is 9.92. The van der Waals surface area contributed by atoms with Crippen LogP contribution in [0.5, 0.6) is 0 Å². The van der Waals surface area contributed by atoms with E-state index in [9.17, 15) is 8.42 Å². The van der Waals surface area contributed by atoms with Crippen molar-refractivity contribution in [1.82, 2.24) is 4.31 Å². The second-order valence-electron chi connectivity index (χ2n) is 5.73. The maximum Gasteiger partial charge on any atom is 0.243 e. The standard InChI is InChI=1S/C15H24N2O2S/c1-4-13-10-17(8-7-15(13)16)20(18,19)14-6-5-11(2)12(3)9-14/h5-6,9,13,15H,4,7-8,10,16H2,1-3H3. The van der Waals surface area contributed by atoms with E-state index >= 15 is 0 Å². The van der Waals surface area contributed by atoms with E-state index in [1.807, 2.05) is 19.9 Å². The topological polar surface area (TPSA) is 63.4 Å². The summed E-state index contributed by atoms with van der Waals surface area (Å²) in [7, 11) is -3.39. The number of hydrogen-bond acceptors (Lipinski definition) is 3. The van der Waals surface area contributed by atoms with E-state index in [1.165, 1.54) is 0 Å². The molecule has 1 saturated heterocycles. The minimum absolute atomic E-state index is 0.117. The summed E-state index contributed by atoms with van der Waals surface area (Å²) in [6.45, 7) is 7.05. The first-order valence-corrected chi connectivity index (χ1v) is 8.63. The molecule has 2 rings (SSSR count). The molecule has 2 atom stereocenters. The highest BCUT2D eigenvalue weighted by molar-refractivity contribution is 7.89. The zero-order valence-corrected chi connectivity index (χ0v) is 13.3. The lowest BCUT2D eigenvalue weighted by Gasteiger charge is -2.35. The summed E-state index contributed by atoms with van der Waals surface area (Å²) < 4.78 is 27.0. The fourth-order valence-electron chi connectivity index (χ4n) is 2.69. The minimum Gasteiger partial charge on any atom is -0.327 e. The van der Waals surface area contributed by atoms with Crippen LogP contribution in [0.2, 0.25) is 0 Å². The lowest BCUT2D eigenvalue weighted by molar-refractivity contribution is 0.230. The number of sulfonamides is 1. The van der Waals surface area contributed by atoms with Gasteiger partial charge in [-0.15, -0.1) is 0 Å². The van der Waals surface area contributed by atoms with Crippen LogP contribution in [0.15, 0.2) is 23.1 Å². The SMILES string of the molecule is CCC1CN(S(=O)(=O)c2ccc(C)c(C)c2)CCC1N. The van der Waals surface area contributed by atoms with Crippen LogP contribution < -0.4 is 5.73 Å². The minimum atomic E-state index is -3.39. The molecule has 0 bridgehead atoms.